The van der Waals surface area contributed by atoms with E-state index in [0.29, 0.717) is 12.0 Å². The van der Waals surface area contributed by atoms with Crippen LogP contribution in [0.1, 0.15) is 41.5 Å². The first-order valence-electron chi connectivity index (χ1n) is 7.81. The van der Waals surface area contributed by atoms with Crippen LogP contribution in [-0.4, -0.2) is 37.8 Å². The van der Waals surface area contributed by atoms with Crippen molar-refractivity contribution in [2.45, 2.75) is 47.6 Å². The lowest BCUT2D eigenvalue weighted by molar-refractivity contribution is 0.118. The molecule has 0 aromatic heterocycles. The predicted octanol–water partition coefficient (Wildman–Crippen LogP) is 3.89. The largest absolute Gasteiger partial charge is 0.492 e. The fraction of sp³-hybridized carbons (Fsp3) is 0.667. The van der Waals surface area contributed by atoms with Crippen molar-refractivity contribution in [1.82, 2.24) is 4.90 Å². The second kappa shape index (κ2) is 6.27. The summed E-state index contributed by atoms with van der Waals surface area (Å²) in [5.74, 6) is 1.49. The van der Waals surface area contributed by atoms with Crippen molar-refractivity contribution in [1.29, 1.82) is 0 Å². The molecule has 0 amide bonds. The van der Waals surface area contributed by atoms with E-state index in [9.17, 15) is 0 Å². The normalized spacial score (nSPS) is 26.0. The third-order valence-corrected chi connectivity index (χ3v) is 4.35. The van der Waals surface area contributed by atoms with Gasteiger partial charge < -0.3 is 14.4 Å². The Morgan fingerprint density at radius 1 is 0.905 bits per heavy atom. The van der Waals surface area contributed by atoms with E-state index in [0.717, 1.165) is 25.6 Å². The van der Waals surface area contributed by atoms with Gasteiger partial charge >= 0.3 is 0 Å². The lowest BCUT2D eigenvalue weighted by Gasteiger charge is -2.38. The summed E-state index contributed by atoms with van der Waals surface area (Å²) < 4.78 is 12.0. The molecule has 2 atom stereocenters. The van der Waals surface area contributed by atoms with Crippen molar-refractivity contribution < 1.29 is 9.47 Å². The van der Waals surface area contributed by atoms with Gasteiger partial charge in [0.15, 0.2) is 0 Å². The minimum absolute atomic E-state index is 0.406. The standard InChI is InChI=1S/C18H29NO2/c1-11(2)16-17(12(3)4)19(7)15-10-20-8-14(15)9-21-18(16)13(5)6/h14-15H,8-10H2,1-7H3. The molecule has 2 unspecified atom stereocenters. The Morgan fingerprint density at radius 3 is 2.10 bits per heavy atom. The summed E-state index contributed by atoms with van der Waals surface area (Å²) in [7, 11) is 2.20. The van der Waals surface area contributed by atoms with Crippen LogP contribution in [0.3, 0.4) is 0 Å². The van der Waals surface area contributed by atoms with E-state index in [2.05, 4.69) is 53.5 Å². The zero-order chi connectivity index (χ0) is 15.7. The van der Waals surface area contributed by atoms with E-state index < -0.39 is 0 Å². The highest BCUT2D eigenvalue weighted by molar-refractivity contribution is 5.49. The van der Waals surface area contributed by atoms with Crippen LogP contribution in [0.4, 0.5) is 0 Å². The Hall–Kier alpha value is -1.22. The van der Waals surface area contributed by atoms with Crippen LogP contribution in [0, 0.1) is 5.92 Å². The lowest BCUT2D eigenvalue weighted by Crippen LogP contribution is -2.41. The van der Waals surface area contributed by atoms with Gasteiger partial charge in [-0.25, -0.2) is 0 Å². The molecular formula is C18H29NO2. The monoisotopic (exact) mass is 291 g/mol. The molecule has 0 radical (unpaired) electrons. The molecule has 0 aromatic rings. The molecule has 118 valence electrons. The van der Waals surface area contributed by atoms with Crippen molar-refractivity contribution >= 4 is 0 Å². The third kappa shape index (κ3) is 3.03. The summed E-state index contributed by atoms with van der Waals surface area (Å²) in [5, 5.41) is 0. The van der Waals surface area contributed by atoms with Gasteiger partial charge in [-0.1, -0.05) is 11.1 Å². The minimum Gasteiger partial charge on any atom is -0.492 e. The highest BCUT2D eigenvalue weighted by atomic mass is 16.5. The van der Waals surface area contributed by atoms with Gasteiger partial charge in [0.1, 0.15) is 5.76 Å². The van der Waals surface area contributed by atoms with Crippen LogP contribution >= 0.6 is 0 Å². The Kier molecular flexibility index (Phi) is 4.82. The van der Waals surface area contributed by atoms with Gasteiger partial charge in [0, 0.05) is 24.2 Å². The van der Waals surface area contributed by atoms with Gasteiger partial charge in [-0.05, 0) is 47.1 Å². The SMILES string of the molecule is CC(C)=C1OCC2COCC2N(C)C(=C(C)C)C1=C(C)C. The van der Waals surface area contributed by atoms with Gasteiger partial charge in [-0.2, -0.15) is 0 Å². The summed E-state index contributed by atoms with van der Waals surface area (Å²) in [5.41, 5.74) is 6.40. The van der Waals surface area contributed by atoms with Crippen molar-refractivity contribution in [3.63, 3.8) is 0 Å². The molecule has 0 saturated carbocycles. The summed E-state index contributed by atoms with van der Waals surface area (Å²) in [4.78, 5) is 2.42. The Labute approximate surface area is 129 Å². The van der Waals surface area contributed by atoms with Crippen molar-refractivity contribution in [3.8, 4) is 0 Å². The first kappa shape index (κ1) is 16.2. The lowest BCUT2D eigenvalue weighted by atomic mass is 9.93. The van der Waals surface area contributed by atoms with Crippen LogP contribution in [0.25, 0.3) is 0 Å². The van der Waals surface area contributed by atoms with Crippen LogP contribution < -0.4 is 0 Å². The summed E-state index contributed by atoms with van der Waals surface area (Å²) in [6, 6.07) is 0.406. The van der Waals surface area contributed by atoms with E-state index in [-0.39, 0.29) is 0 Å². The van der Waals surface area contributed by atoms with Gasteiger partial charge in [0.05, 0.1) is 25.9 Å². The predicted molar refractivity (Wildman–Crippen MR) is 86.9 cm³/mol. The van der Waals surface area contributed by atoms with Gasteiger partial charge in [-0.15, -0.1) is 0 Å². The molecule has 0 N–H and O–H groups in total. The van der Waals surface area contributed by atoms with E-state index in [4.69, 9.17) is 9.47 Å². The van der Waals surface area contributed by atoms with Gasteiger partial charge in [0.2, 0.25) is 0 Å². The molecule has 2 rings (SSSR count). The smallest absolute Gasteiger partial charge is 0.127 e. The van der Waals surface area contributed by atoms with E-state index in [1.165, 1.54) is 28.0 Å². The number of hydrogen-bond acceptors (Lipinski definition) is 3. The zero-order valence-corrected chi connectivity index (χ0v) is 14.5. The summed E-state index contributed by atoms with van der Waals surface area (Å²) in [6.45, 7) is 15.3. The van der Waals surface area contributed by atoms with Crippen molar-refractivity contribution in [3.05, 3.63) is 33.7 Å². The quantitative estimate of drug-likeness (QED) is 0.676. The number of hydrogen-bond donors (Lipinski definition) is 0. The highest BCUT2D eigenvalue weighted by Gasteiger charge is 2.37. The van der Waals surface area contributed by atoms with E-state index in [1.807, 2.05) is 0 Å². The van der Waals surface area contributed by atoms with E-state index >= 15 is 0 Å². The zero-order valence-electron chi connectivity index (χ0n) is 14.5. The minimum atomic E-state index is 0.406. The average molecular weight is 291 g/mol. The van der Waals surface area contributed by atoms with Crippen molar-refractivity contribution in [2.75, 3.05) is 26.9 Å². The number of ether oxygens (including phenoxy) is 2. The Balaban J connectivity index is 2.61. The molecule has 0 bridgehead atoms. The fourth-order valence-corrected chi connectivity index (χ4v) is 3.35. The molecular weight excluding hydrogens is 262 g/mol. The van der Waals surface area contributed by atoms with E-state index in [1.54, 1.807) is 0 Å². The van der Waals surface area contributed by atoms with Gasteiger partial charge in [-0.3, -0.25) is 0 Å². The molecule has 3 nitrogen and oxygen atoms in total. The first-order chi connectivity index (χ1) is 9.84. The van der Waals surface area contributed by atoms with Crippen LogP contribution in [0.2, 0.25) is 0 Å². The average Bonchev–Trinajstić information content (AvgIpc) is 2.82. The molecule has 0 spiro atoms. The summed E-state index contributed by atoms with van der Waals surface area (Å²) >= 11 is 0. The number of allylic oxidation sites excluding steroid dienone is 3. The molecule has 3 heteroatoms. The maximum Gasteiger partial charge on any atom is 0.127 e. The van der Waals surface area contributed by atoms with Gasteiger partial charge in [0.25, 0.3) is 0 Å². The highest BCUT2D eigenvalue weighted by Crippen LogP contribution is 2.37. The number of nitrogens with zero attached hydrogens (tertiary/aromatic N) is 1. The third-order valence-electron chi connectivity index (χ3n) is 4.35. The topological polar surface area (TPSA) is 21.7 Å². The first-order valence-corrected chi connectivity index (χ1v) is 7.81. The second-order valence-electron chi connectivity index (χ2n) is 6.84. The number of likely N-dealkylation sites (N-methyl/N-ethyl adjacent to an activating group) is 1. The molecule has 21 heavy (non-hydrogen) atoms. The van der Waals surface area contributed by atoms with Crippen LogP contribution in [0.15, 0.2) is 33.7 Å². The molecule has 2 aliphatic rings. The number of rotatable bonds is 0. The molecule has 2 fully saturated rings. The molecule has 0 aliphatic carbocycles. The number of fused-ring (bicyclic) bond motifs is 1. The second-order valence-corrected chi connectivity index (χ2v) is 6.84. The molecule has 2 saturated heterocycles. The maximum absolute atomic E-state index is 6.24. The maximum atomic E-state index is 6.24. The van der Waals surface area contributed by atoms with Crippen molar-refractivity contribution in [2.24, 2.45) is 5.92 Å². The molecule has 0 aromatic carbocycles. The Bertz CT molecular complexity index is 501. The molecule has 2 heterocycles. The van der Waals surface area contributed by atoms with Crippen LogP contribution in [0.5, 0.6) is 0 Å². The van der Waals surface area contributed by atoms with Crippen LogP contribution in [-0.2, 0) is 9.47 Å². The fourth-order valence-electron chi connectivity index (χ4n) is 3.35. The molecule has 2 aliphatic heterocycles. The Morgan fingerprint density at radius 2 is 1.57 bits per heavy atom. The summed E-state index contributed by atoms with van der Waals surface area (Å²) in [6.07, 6.45) is 0.